The smallest absolute Gasteiger partial charge is 0.146 e. The van der Waals surface area contributed by atoms with Gasteiger partial charge in [-0.1, -0.05) is 25.1 Å². The molecule has 0 aromatic heterocycles. The van der Waals surface area contributed by atoms with Crippen LogP contribution in [0.2, 0.25) is 0 Å². The predicted octanol–water partition coefficient (Wildman–Crippen LogP) is 5.10. The molecule has 0 saturated heterocycles. The summed E-state index contributed by atoms with van der Waals surface area (Å²) in [6.07, 6.45) is 0.992. The summed E-state index contributed by atoms with van der Waals surface area (Å²) in [5, 5.41) is 3.21. The van der Waals surface area contributed by atoms with Crippen molar-refractivity contribution in [3.63, 3.8) is 0 Å². The minimum Gasteiger partial charge on any atom is -0.494 e. The van der Waals surface area contributed by atoms with Gasteiger partial charge in [0, 0.05) is 6.04 Å². The molecule has 1 N–H and O–H groups in total. The molecule has 21 heavy (non-hydrogen) atoms. The predicted molar refractivity (Wildman–Crippen MR) is 85.4 cm³/mol. The van der Waals surface area contributed by atoms with Crippen LogP contribution in [-0.4, -0.2) is 6.61 Å². The topological polar surface area (TPSA) is 21.3 Å². The molecule has 2 aromatic carbocycles. The fourth-order valence-electron chi connectivity index (χ4n) is 2.14. The maximum absolute atomic E-state index is 13.8. The Labute approximate surface area is 126 Å². The van der Waals surface area contributed by atoms with Crippen molar-refractivity contribution in [2.24, 2.45) is 0 Å². The zero-order valence-corrected chi connectivity index (χ0v) is 12.8. The Hall–Kier alpha value is -2.03. The van der Waals surface area contributed by atoms with Crippen LogP contribution >= 0.6 is 0 Å². The van der Waals surface area contributed by atoms with Crippen molar-refractivity contribution in [1.82, 2.24) is 0 Å². The van der Waals surface area contributed by atoms with Crippen molar-refractivity contribution in [1.29, 1.82) is 0 Å². The first-order chi connectivity index (χ1) is 10.1. The van der Waals surface area contributed by atoms with Crippen LogP contribution in [0.4, 0.5) is 10.1 Å². The van der Waals surface area contributed by atoms with Crippen LogP contribution in [0.5, 0.6) is 5.75 Å². The number of anilines is 1. The largest absolute Gasteiger partial charge is 0.494 e. The van der Waals surface area contributed by atoms with E-state index in [9.17, 15) is 4.39 Å². The number of aryl methyl sites for hydroxylation is 1. The number of benzene rings is 2. The van der Waals surface area contributed by atoms with E-state index < -0.39 is 0 Å². The lowest BCUT2D eigenvalue weighted by Gasteiger charge is -2.17. The monoisotopic (exact) mass is 287 g/mol. The van der Waals surface area contributed by atoms with Crippen molar-refractivity contribution in [2.75, 3.05) is 11.9 Å². The summed E-state index contributed by atoms with van der Waals surface area (Å²) in [6, 6.07) is 13.0. The van der Waals surface area contributed by atoms with Gasteiger partial charge in [0.25, 0.3) is 0 Å². The van der Waals surface area contributed by atoms with Gasteiger partial charge in [-0.25, -0.2) is 4.39 Å². The van der Waals surface area contributed by atoms with Crippen molar-refractivity contribution in [3.05, 3.63) is 59.4 Å². The fraction of sp³-hybridized carbons (Fsp3) is 0.333. The van der Waals surface area contributed by atoms with Gasteiger partial charge in [-0.05, 0) is 55.7 Å². The maximum atomic E-state index is 13.8. The van der Waals surface area contributed by atoms with Gasteiger partial charge in [-0.3, -0.25) is 0 Å². The summed E-state index contributed by atoms with van der Waals surface area (Å²) in [7, 11) is 0. The van der Waals surface area contributed by atoms with E-state index in [2.05, 4.69) is 12.2 Å². The Bertz CT molecular complexity index is 580. The lowest BCUT2D eigenvalue weighted by atomic mass is 10.1. The number of nitrogens with one attached hydrogen (secondary N) is 1. The van der Waals surface area contributed by atoms with Gasteiger partial charge in [0.1, 0.15) is 11.6 Å². The third-order valence-corrected chi connectivity index (χ3v) is 3.35. The average Bonchev–Trinajstić information content (AvgIpc) is 2.49. The second kappa shape index (κ2) is 7.11. The van der Waals surface area contributed by atoms with Crippen LogP contribution in [0.15, 0.2) is 42.5 Å². The number of ether oxygens (including phenoxy) is 1. The molecule has 0 heterocycles. The first kappa shape index (κ1) is 15.4. The molecule has 0 aliphatic rings. The molecule has 2 aromatic rings. The number of rotatable bonds is 6. The molecule has 0 aliphatic carbocycles. The van der Waals surface area contributed by atoms with Gasteiger partial charge in [0.15, 0.2) is 0 Å². The second-order valence-corrected chi connectivity index (χ2v) is 5.27. The van der Waals surface area contributed by atoms with Crippen LogP contribution in [0.3, 0.4) is 0 Å². The Morgan fingerprint density at radius 1 is 1.14 bits per heavy atom. The van der Waals surface area contributed by atoms with Crippen LogP contribution in [0.25, 0.3) is 0 Å². The molecule has 112 valence electrons. The van der Waals surface area contributed by atoms with Crippen LogP contribution in [-0.2, 0) is 0 Å². The molecule has 3 heteroatoms. The van der Waals surface area contributed by atoms with E-state index in [0.29, 0.717) is 5.69 Å². The lowest BCUT2D eigenvalue weighted by molar-refractivity contribution is 0.317. The molecule has 2 nitrogen and oxygen atoms in total. The van der Waals surface area contributed by atoms with Crippen molar-refractivity contribution in [2.45, 2.75) is 33.2 Å². The first-order valence-corrected chi connectivity index (χ1v) is 7.35. The molecule has 0 amide bonds. The number of hydrogen-bond acceptors (Lipinski definition) is 2. The Balaban J connectivity index is 2.05. The molecule has 0 fully saturated rings. The highest BCUT2D eigenvalue weighted by molar-refractivity contribution is 5.49. The zero-order chi connectivity index (χ0) is 15.2. The molecule has 2 rings (SSSR count). The quantitative estimate of drug-likeness (QED) is 0.798. The minimum atomic E-state index is -0.227. The van der Waals surface area contributed by atoms with Gasteiger partial charge < -0.3 is 10.1 Å². The molecular weight excluding hydrogens is 265 g/mol. The van der Waals surface area contributed by atoms with E-state index in [1.54, 1.807) is 6.07 Å². The molecule has 0 radical (unpaired) electrons. The number of halogens is 1. The lowest BCUT2D eigenvalue weighted by Crippen LogP contribution is -2.08. The molecule has 0 bridgehead atoms. The molecule has 0 spiro atoms. The molecule has 0 aliphatic heterocycles. The summed E-state index contributed by atoms with van der Waals surface area (Å²) < 4.78 is 19.3. The van der Waals surface area contributed by atoms with Crippen LogP contribution in [0, 0.1) is 12.7 Å². The van der Waals surface area contributed by atoms with Gasteiger partial charge in [0.05, 0.1) is 12.3 Å². The fourth-order valence-corrected chi connectivity index (χ4v) is 2.14. The third kappa shape index (κ3) is 4.22. The Kier molecular flexibility index (Phi) is 5.20. The number of hydrogen-bond donors (Lipinski definition) is 1. The first-order valence-electron chi connectivity index (χ1n) is 7.35. The van der Waals surface area contributed by atoms with Gasteiger partial charge >= 0.3 is 0 Å². The highest BCUT2D eigenvalue weighted by Gasteiger charge is 2.09. The van der Waals surface area contributed by atoms with Gasteiger partial charge in [0.2, 0.25) is 0 Å². The summed E-state index contributed by atoms with van der Waals surface area (Å²) in [5.74, 6) is 0.643. The molecule has 1 atom stereocenters. The van der Waals surface area contributed by atoms with E-state index in [-0.39, 0.29) is 11.9 Å². The zero-order valence-electron chi connectivity index (χ0n) is 12.8. The highest BCUT2D eigenvalue weighted by Crippen LogP contribution is 2.24. The molecule has 0 saturated carbocycles. The molecular formula is C18H22FNO. The second-order valence-electron chi connectivity index (χ2n) is 5.27. The minimum absolute atomic E-state index is 0.0292. The van der Waals surface area contributed by atoms with E-state index in [1.807, 2.05) is 44.2 Å². The maximum Gasteiger partial charge on any atom is 0.146 e. The van der Waals surface area contributed by atoms with Crippen molar-refractivity contribution >= 4 is 5.69 Å². The van der Waals surface area contributed by atoms with E-state index in [1.165, 1.54) is 6.07 Å². The summed E-state index contributed by atoms with van der Waals surface area (Å²) in [5.41, 5.74) is 2.67. The van der Waals surface area contributed by atoms with Gasteiger partial charge in [-0.2, -0.15) is 0 Å². The highest BCUT2D eigenvalue weighted by atomic mass is 19.1. The summed E-state index contributed by atoms with van der Waals surface area (Å²) in [4.78, 5) is 0. The Morgan fingerprint density at radius 3 is 2.52 bits per heavy atom. The van der Waals surface area contributed by atoms with Crippen molar-refractivity contribution in [3.8, 4) is 5.75 Å². The van der Waals surface area contributed by atoms with Crippen LogP contribution < -0.4 is 10.1 Å². The standard InChI is InChI=1S/C18H22FNO/c1-4-11-21-16-8-6-15(7-9-16)14(3)20-18-12-13(2)5-10-17(18)19/h5-10,12,14,20H,4,11H2,1-3H3. The Morgan fingerprint density at radius 2 is 1.86 bits per heavy atom. The van der Waals surface area contributed by atoms with E-state index in [4.69, 9.17) is 4.74 Å². The van der Waals surface area contributed by atoms with Gasteiger partial charge in [-0.15, -0.1) is 0 Å². The normalized spacial score (nSPS) is 12.0. The van der Waals surface area contributed by atoms with Crippen LogP contribution in [0.1, 0.15) is 37.4 Å². The molecule has 1 unspecified atom stereocenters. The summed E-state index contributed by atoms with van der Waals surface area (Å²) in [6.45, 7) is 6.78. The van der Waals surface area contributed by atoms with Crippen molar-refractivity contribution < 1.29 is 9.13 Å². The summed E-state index contributed by atoms with van der Waals surface area (Å²) >= 11 is 0. The third-order valence-electron chi connectivity index (χ3n) is 3.35. The van der Waals surface area contributed by atoms with E-state index in [0.717, 1.165) is 29.9 Å². The SMILES string of the molecule is CCCOc1ccc(C(C)Nc2cc(C)ccc2F)cc1. The van der Waals surface area contributed by atoms with E-state index >= 15 is 0 Å². The average molecular weight is 287 g/mol.